The number of hydrogen-bond donors (Lipinski definition) is 2. The fourth-order valence-electron chi connectivity index (χ4n) is 4.91. The predicted octanol–water partition coefficient (Wildman–Crippen LogP) is 5.45. The molecule has 198 valence electrons. The molecule has 1 saturated carbocycles. The van der Waals surface area contributed by atoms with Gasteiger partial charge in [-0.25, -0.2) is 4.79 Å². The number of nitrogens with one attached hydrogen (secondary N) is 2. The lowest BCUT2D eigenvalue weighted by Crippen LogP contribution is -2.31. The van der Waals surface area contributed by atoms with Gasteiger partial charge in [0, 0.05) is 22.5 Å². The zero-order chi connectivity index (χ0) is 26.7. The summed E-state index contributed by atoms with van der Waals surface area (Å²) >= 11 is 1.36. The van der Waals surface area contributed by atoms with Crippen molar-refractivity contribution in [2.24, 2.45) is 5.92 Å². The summed E-state index contributed by atoms with van der Waals surface area (Å²) in [6.07, 6.45) is 2.89. The van der Waals surface area contributed by atoms with E-state index in [9.17, 15) is 14.4 Å². The van der Waals surface area contributed by atoms with E-state index in [0.29, 0.717) is 12.8 Å². The Labute approximate surface area is 221 Å². The molecule has 1 heterocycles. The van der Waals surface area contributed by atoms with Crippen molar-refractivity contribution in [2.75, 3.05) is 18.2 Å². The average Bonchev–Trinajstić information content (AvgIpc) is 3.18. The fraction of sp³-hybridized carbons (Fsp3) is 0.464. The smallest absolute Gasteiger partial charge is 0.326 e. The summed E-state index contributed by atoms with van der Waals surface area (Å²) in [5.41, 5.74) is 2.57. The Bertz CT molecular complexity index is 1350. The highest BCUT2D eigenvalue weighted by Gasteiger charge is 2.29. The molecule has 0 bridgehead atoms. The normalized spacial score (nSPS) is 18.0. The summed E-state index contributed by atoms with van der Waals surface area (Å²) in [5.74, 6) is 0.568. The molecule has 1 aromatic heterocycles. The summed E-state index contributed by atoms with van der Waals surface area (Å²) in [6, 6.07) is 11.4. The van der Waals surface area contributed by atoms with Crippen LogP contribution in [0.3, 0.4) is 0 Å². The molecule has 9 heteroatoms. The van der Waals surface area contributed by atoms with Crippen LogP contribution >= 0.6 is 11.8 Å². The third-order valence-corrected chi connectivity index (χ3v) is 7.61. The van der Waals surface area contributed by atoms with Gasteiger partial charge in [-0.05, 0) is 89.3 Å². The van der Waals surface area contributed by atoms with Crippen LogP contribution in [-0.2, 0) is 14.3 Å². The number of carbonyl (C=O) groups is 2. The lowest BCUT2D eigenvalue weighted by Gasteiger charge is -2.28. The molecule has 4 rings (SSSR count). The zero-order valence-corrected chi connectivity index (χ0v) is 22.9. The second kappa shape index (κ2) is 11.0. The van der Waals surface area contributed by atoms with E-state index in [-0.39, 0.29) is 35.3 Å². The van der Waals surface area contributed by atoms with Crippen LogP contribution in [0.2, 0.25) is 0 Å². The highest BCUT2D eigenvalue weighted by Crippen LogP contribution is 2.35. The largest absolute Gasteiger partial charge is 0.496 e. The van der Waals surface area contributed by atoms with Gasteiger partial charge >= 0.3 is 11.7 Å². The summed E-state index contributed by atoms with van der Waals surface area (Å²) in [4.78, 5) is 41.9. The van der Waals surface area contributed by atoms with E-state index in [2.05, 4.69) is 10.3 Å². The second-order valence-electron chi connectivity index (χ2n) is 10.5. The zero-order valence-electron chi connectivity index (χ0n) is 22.1. The highest BCUT2D eigenvalue weighted by atomic mass is 32.2. The van der Waals surface area contributed by atoms with Gasteiger partial charge in [-0.2, -0.15) is 0 Å². The minimum atomic E-state index is -0.537. The number of anilines is 1. The van der Waals surface area contributed by atoms with Crippen molar-refractivity contribution in [3.8, 4) is 5.75 Å². The number of carbonyl (C=O) groups excluding carboxylic acids is 2. The molecule has 0 saturated heterocycles. The first-order valence-corrected chi connectivity index (χ1v) is 13.6. The van der Waals surface area contributed by atoms with Gasteiger partial charge in [0.15, 0.2) is 0 Å². The molecule has 1 amide bonds. The molecule has 1 fully saturated rings. The number of methoxy groups -OCH3 is 1. The molecule has 0 unspecified atom stereocenters. The van der Waals surface area contributed by atoms with E-state index < -0.39 is 5.60 Å². The minimum Gasteiger partial charge on any atom is -0.496 e. The number of fused-ring (bicyclic) bond motifs is 1. The van der Waals surface area contributed by atoms with Crippen LogP contribution in [0.15, 0.2) is 46.1 Å². The number of benzene rings is 2. The number of aromatic amines is 1. The molecule has 1 aliphatic carbocycles. The molecule has 3 aromatic rings. The Hall–Kier alpha value is -3.20. The number of rotatable bonds is 7. The fourth-order valence-corrected chi connectivity index (χ4v) is 5.72. The van der Waals surface area contributed by atoms with Gasteiger partial charge in [0.05, 0.1) is 23.9 Å². The molecular weight excluding hydrogens is 490 g/mol. The van der Waals surface area contributed by atoms with Crippen molar-refractivity contribution < 1.29 is 19.1 Å². The Morgan fingerprint density at radius 1 is 1.14 bits per heavy atom. The summed E-state index contributed by atoms with van der Waals surface area (Å²) in [5, 5.41) is 3.03. The molecule has 0 spiro atoms. The van der Waals surface area contributed by atoms with Crippen molar-refractivity contribution in [3.63, 3.8) is 0 Å². The number of amides is 1. The first kappa shape index (κ1) is 26.9. The van der Waals surface area contributed by atoms with E-state index in [0.717, 1.165) is 45.8 Å². The monoisotopic (exact) mass is 525 g/mol. The first-order valence-electron chi connectivity index (χ1n) is 12.6. The SMILES string of the molecule is COc1ccc(NC(=O)C2CCC(n3c(=O)[nH]c4c(SCC(=O)OC(C)(C)C)cccc43)CC2)cc1C. The van der Waals surface area contributed by atoms with E-state index in [1.165, 1.54) is 11.8 Å². The molecule has 0 aliphatic heterocycles. The number of thioether (sulfide) groups is 1. The lowest BCUT2D eigenvalue weighted by molar-refractivity contribution is -0.151. The van der Waals surface area contributed by atoms with Crippen LogP contribution in [0.4, 0.5) is 5.69 Å². The maximum atomic E-state index is 13.0. The maximum Gasteiger partial charge on any atom is 0.326 e. The van der Waals surface area contributed by atoms with Crippen LogP contribution in [0.25, 0.3) is 11.0 Å². The number of hydrogen-bond acceptors (Lipinski definition) is 6. The van der Waals surface area contributed by atoms with Crippen molar-refractivity contribution in [3.05, 3.63) is 52.4 Å². The van der Waals surface area contributed by atoms with Crippen LogP contribution in [0, 0.1) is 12.8 Å². The van der Waals surface area contributed by atoms with Crippen LogP contribution in [0.1, 0.15) is 58.1 Å². The predicted molar refractivity (Wildman–Crippen MR) is 146 cm³/mol. The number of esters is 1. The number of H-pyrrole nitrogens is 1. The van der Waals surface area contributed by atoms with Crippen LogP contribution in [-0.4, -0.2) is 39.9 Å². The minimum absolute atomic E-state index is 0.00937. The number of ether oxygens (including phenoxy) is 2. The van der Waals surface area contributed by atoms with Gasteiger partial charge in [-0.1, -0.05) is 6.07 Å². The molecular formula is C28H35N3O5S. The number of aromatic nitrogens is 2. The number of aryl methyl sites for hydroxylation is 1. The van der Waals surface area contributed by atoms with Gasteiger partial charge in [-0.3, -0.25) is 14.2 Å². The number of nitrogens with zero attached hydrogens (tertiary/aromatic N) is 1. The van der Waals surface area contributed by atoms with Crippen LogP contribution < -0.4 is 15.7 Å². The van der Waals surface area contributed by atoms with Gasteiger partial charge < -0.3 is 19.8 Å². The molecule has 2 aromatic carbocycles. The van der Waals surface area contributed by atoms with Gasteiger partial charge in [0.25, 0.3) is 0 Å². The van der Waals surface area contributed by atoms with E-state index in [4.69, 9.17) is 9.47 Å². The molecule has 2 N–H and O–H groups in total. The molecule has 1 aliphatic rings. The quantitative estimate of drug-likeness (QED) is 0.314. The first-order chi connectivity index (χ1) is 17.6. The molecule has 8 nitrogen and oxygen atoms in total. The Kier molecular flexibility index (Phi) is 8.02. The standard InChI is InChI=1S/C28H35N3O5S/c1-17-15-19(11-14-22(17)35-5)29-26(33)18-9-12-20(13-10-18)31-21-7-6-8-23(25(21)30-27(31)34)37-16-24(32)36-28(2,3)4/h6-8,11,14-15,18,20H,9-10,12-13,16H2,1-5H3,(H,29,33)(H,30,34). The van der Waals surface area contributed by atoms with Crippen molar-refractivity contribution in [2.45, 2.75) is 69.9 Å². The highest BCUT2D eigenvalue weighted by molar-refractivity contribution is 8.00. The van der Waals surface area contributed by atoms with Crippen LogP contribution in [0.5, 0.6) is 5.75 Å². The Morgan fingerprint density at radius 2 is 1.86 bits per heavy atom. The summed E-state index contributed by atoms with van der Waals surface area (Å²) in [6.45, 7) is 7.46. The molecule has 37 heavy (non-hydrogen) atoms. The summed E-state index contributed by atoms with van der Waals surface area (Å²) < 4.78 is 12.5. The maximum absolute atomic E-state index is 13.0. The summed E-state index contributed by atoms with van der Waals surface area (Å²) in [7, 11) is 1.63. The second-order valence-corrected chi connectivity index (χ2v) is 11.5. The molecule has 0 radical (unpaired) electrons. The topological polar surface area (TPSA) is 102 Å². The van der Waals surface area contributed by atoms with Gasteiger partial charge in [-0.15, -0.1) is 11.8 Å². The third kappa shape index (κ3) is 6.39. The average molecular weight is 526 g/mol. The Balaban J connectivity index is 1.41. The number of imidazole rings is 1. The van der Waals surface area contributed by atoms with Crippen molar-refractivity contribution >= 4 is 40.4 Å². The van der Waals surface area contributed by atoms with Crippen molar-refractivity contribution in [1.82, 2.24) is 9.55 Å². The lowest BCUT2D eigenvalue weighted by atomic mass is 9.85. The van der Waals surface area contributed by atoms with Gasteiger partial charge in [0.2, 0.25) is 5.91 Å². The number of para-hydroxylation sites is 1. The van der Waals surface area contributed by atoms with Crippen molar-refractivity contribution in [1.29, 1.82) is 0 Å². The third-order valence-electron chi connectivity index (χ3n) is 6.58. The van der Waals surface area contributed by atoms with E-state index in [1.807, 2.05) is 68.7 Å². The van der Waals surface area contributed by atoms with Gasteiger partial charge in [0.1, 0.15) is 11.4 Å². The molecule has 0 atom stereocenters. The van der Waals surface area contributed by atoms with E-state index >= 15 is 0 Å². The Morgan fingerprint density at radius 3 is 2.51 bits per heavy atom. The van der Waals surface area contributed by atoms with E-state index in [1.54, 1.807) is 7.11 Å².